The zero-order chi connectivity index (χ0) is 34.8. The Hall–Kier alpha value is -1.69. The van der Waals surface area contributed by atoms with E-state index in [0.717, 1.165) is 38.5 Å². The quantitative estimate of drug-likeness (QED) is 0.0545. The number of hydrogen-bond acceptors (Lipinski definition) is 4. The number of nitrogens with zero attached hydrogens (tertiary/aromatic N) is 1. The number of rotatable bonds is 34. The predicted octanol–water partition coefficient (Wildman–Crippen LogP) is 12.5. The van der Waals surface area contributed by atoms with Crippen molar-refractivity contribution in [1.29, 1.82) is 0 Å². The van der Waals surface area contributed by atoms with Crippen molar-refractivity contribution < 1.29 is 19.4 Å². The maximum Gasteiger partial charge on any atom is 0.317 e. The number of hydrogen-bond donors (Lipinski definition) is 1. The first kappa shape index (κ1) is 44.3. The normalized spacial score (nSPS) is 16.6. The molecule has 1 fully saturated rings. The molecule has 0 aromatic heterocycles. The molecular formula is C43H77NO4. The van der Waals surface area contributed by atoms with Crippen molar-refractivity contribution in [3.8, 4) is 0 Å². The molecule has 1 rings (SSSR count). The van der Waals surface area contributed by atoms with Crippen LogP contribution in [-0.2, 0) is 14.3 Å². The summed E-state index contributed by atoms with van der Waals surface area (Å²) in [6.07, 6.45) is 50.4. The topological polar surface area (TPSA) is 59.0 Å². The molecule has 0 aliphatic carbocycles. The second-order valence-electron chi connectivity index (χ2n) is 14.2. The average Bonchev–Trinajstić information content (AvgIpc) is 3.46. The molecule has 1 unspecified atom stereocenters. The van der Waals surface area contributed by atoms with Gasteiger partial charge in [-0.3, -0.25) is 9.69 Å². The van der Waals surface area contributed by atoms with Gasteiger partial charge in [0.2, 0.25) is 0 Å². The summed E-state index contributed by atoms with van der Waals surface area (Å²) < 4.78 is 13.0. The van der Waals surface area contributed by atoms with Crippen molar-refractivity contribution >= 4 is 5.97 Å². The lowest BCUT2D eigenvalue weighted by Gasteiger charge is -2.29. The zero-order valence-electron chi connectivity index (χ0n) is 31.8. The number of carbonyl (C=O) groups is 1. The fourth-order valence-electron chi connectivity index (χ4n) is 6.50. The molecule has 0 aromatic carbocycles. The van der Waals surface area contributed by atoms with Gasteiger partial charge in [0.05, 0.1) is 19.3 Å². The summed E-state index contributed by atoms with van der Waals surface area (Å²) in [6.45, 7) is 5.71. The number of allylic oxidation sites excluding steroid dienone is 8. The molecular weight excluding hydrogens is 594 g/mol. The third-order valence-electron chi connectivity index (χ3n) is 9.35. The lowest BCUT2D eigenvalue weighted by Crippen LogP contribution is -2.36. The summed E-state index contributed by atoms with van der Waals surface area (Å²) in [5.74, 6) is -1.29. The van der Waals surface area contributed by atoms with Crippen molar-refractivity contribution in [1.82, 2.24) is 4.90 Å². The summed E-state index contributed by atoms with van der Waals surface area (Å²) >= 11 is 0. The van der Waals surface area contributed by atoms with Gasteiger partial charge < -0.3 is 14.6 Å². The molecule has 1 N–H and O–H groups in total. The van der Waals surface area contributed by atoms with Crippen LogP contribution in [0.15, 0.2) is 48.6 Å². The minimum Gasteiger partial charge on any atom is -0.480 e. The fourth-order valence-corrected chi connectivity index (χ4v) is 6.50. The number of unbranched alkanes of at least 4 members (excludes halogenated alkanes) is 18. The van der Waals surface area contributed by atoms with Crippen LogP contribution in [0.4, 0.5) is 0 Å². The van der Waals surface area contributed by atoms with Crippen LogP contribution in [0.25, 0.3) is 0 Å². The van der Waals surface area contributed by atoms with E-state index in [-0.39, 0.29) is 12.6 Å². The molecule has 48 heavy (non-hydrogen) atoms. The van der Waals surface area contributed by atoms with Crippen molar-refractivity contribution in [3.63, 3.8) is 0 Å². The molecule has 1 saturated heterocycles. The average molecular weight is 672 g/mol. The van der Waals surface area contributed by atoms with Crippen LogP contribution in [-0.4, -0.2) is 54.6 Å². The first-order valence-electron chi connectivity index (χ1n) is 20.3. The summed E-state index contributed by atoms with van der Waals surface area (Å²) in [6, 6.07) is 0. The maximum absolute atomic E-state index is 11.1. The Morgan fingerprint density at radius 1 is 0.625 bits per heavy atom. The zero-order valence-corrected chi connectivity index (χ0v) is 31.8. The fraction of sp³-hybridized carbons (Fsp3) is 0.791. The van der Waals surface area contributed by atoms with Crippen LogP contribution in [0, 0.1) is 0 Å². The highest BCUT2D eigenvalue weighted by Gasteiger charge is 2.40. The van der Waals surface area contributed by atoms with Crippen LogP contribution in [0.1, 0.15) is 181 Å². The number of carboxylic acids is 1. The highest BCUT2D eigenvalue weighted by atomic mass is 16.7. The minimum absolute atomic E-state index is 0.0325. The highest BCUT2D eigenvalue weighted by molar-refractivity contribution is 5.69. The van der Waals surface area contributed by atoms with Gasteiger partial charge in [-0.2, -0.15) is 0 Å². The maximum atomic E-state index is 11.1. The van der Waals surface area contributed by atoms with Crippen molar-refractivity contribution in [2.45, 2.75) is 193 Å². The summed E-state index contributed by atoms with van der Waals surface area (Å²) in [5, 5.41) is 9.15. The van der Waals surface area contributed by atoms with Crippen molar-refractivity contribution in [2.24, 2.45) is 0 Å². The second-order valence-corrected chi connectivity index (χ2v) is 14.2. The van der Waals surface area contributed by atoms with Crippen molar-refractivity contribution in [3.05, 3.63) is 48.6 Å². The number of ether oxygens (including phenoxy) is 2. The van der Waals surface area contributed by atoms with E-state index in [4.69, 9.17) is 14.6 Å². The molecule has 5 nitrogen and oxygen atoms in total. The Kier molecular flexibility index (Phi) is 30.0. The van der Waals surface area contributed by atoms with E-state index in [1.807, 2.05) is 11.9 Å². The molecule has 0 aromatic rings. The molecule has 1 aliphatic heterocycles. The van der Waals surface area contributed by atoms with E-state index in [1.54, 1.807) is 0 Å². The van der Waals surface area contributed by atoms with E-state index in [2.05, 4.69) is 62.5 Å². The number of carboxylic acid groups (broad SMARTS) is 1. The van der Waals surface area contributed by atoms with Crippen LogP contribution in [0.2, 0.25) is 0 Å². The SMILES string of the molecule is CCCCC/C=C\C/C=C\CCCCCCCCC1(CCCCCCCC/C=C\C/C=C\CCCCC)OCC(CN(C)CC(=O)O)O1. The Morgan fingerprint density at radius 3 is 1.44 bits per heavy atom. The van der Waals surface area contributed by atoms with Crippen molar-refractivity contribution in [2.75, 3.05) is 26.7 Å². The molecule has 0 bridgehead atoms. The van der Waals surface area contributed by atoms with Gasteiger partial charge in [-0.15, -0.1) is 0 Å². The number of aliphatic carboxylic acids is 1. The number of likely N-dealkylation sites (N-methyl/N-ethyl adjacent to an activating group) is 1. The minimum atomic E-state index is -0.801. The lowest BCUT2D eigenvalue weighted by molar-refractivity contribution is -0.180. The van der Waals surface area contributed by atoms with Gasteiger partial charge in [-0.1, -0.05) is 140 Å². The van der Waals surface area contributed by atoms with Crippen LogP contribution >= 0.6 is 0 Å². The standard InChI is InChI=1S/C43H77NO4/c1-4-6-8-10-12-14-16-18-20-22-24-26-28-30-32-34-36-43(47-40-41(48-43)38-44(3)39-42(45)46)37-35-33-31-29-27-25-23-21-19-17-15-13-11-9-7-5-2/h12-15,18-21,41H,4-11,16-17,22-40H2,1-3H3,(H,45,46)/b14-12-,15-13-,20-18-,21-19-. The second kappa shape index (κ2) is 32.5. The Bertz CT molecular complexity index is 800. The van der Waals surface area contributed by atoms with E-state index in [1.165, 1.54) is 128 Å². The van der Waals surface area contributed by atoms with Gasteiger partial charge in [0, 0.05) is 19.4 Å². The van der Waals surface area contributed by atoms with Gasteiger partial charge in [0.15, 0.2) is 5.79 Å². The molecule has 1 heterocycles. The molecule has 0 radical (unpaired) electrons. The Balaban J connectivity index is 2.24. The highest BCUT2D eigenvalue weighted by Crippen LogP contribution is 2.35. The van der Waals surface area contributed by atoms with Gasteiger partial charge >= 0.3 is 5.97 Å². The Morgan fingerprint density at radius 2 is 1.02 bits per heavy atom. The predicted molar refractivity (Wildman–Crippen MR) is 207 cm³/mol. The molecule has 0 spiro atoms. The van der Waals surface area contributed by atoms with Gasteiger partial charge in [0.25, 0.3) is 0 Å². The largest absolute Gasteiger partial charge is 0.480 e. The van der Waals surface area contributed by atoms with E-state index < -0.39 is 11.8 Å². The van der Waals surface area contributed by atoms with E-state index in [0.29, 0.717) is 13.2 Å². The van der Waals surface area contributed by atoms with Gasteiger partial charge in [-0.05, 0) is 84.1 Å². The smallest absolute Gasteiger partial charge is 0.317 e. The molecule has 0 saturated carbocycles. The van der Waals surface area contributed by atoms with Crippen LogP contribution in [0.3, 0.4) is 0 Å². The molecule has 5 heteroatoms. The Labute approximate surface area is 297 Å². The third kappa shape index (κ3) is 27.2. The van der Waals surface area contributed by atoms with E-state index >= 15 is 0 Å². The molecule has 0 amide bonds. The van der Waals surface area contributed by atoms with Crippen LogP contribution in [0.5, 0.6) is 0 Å². The summed E-state index contributed by atoms with van der Waals surface area (Å²) in [4.78, 5) is 13.0. The lowest BCUT2D eigenvalue weighted by atomic mass is 9.98. The van der Waals surface area contributed by atoms with E-state index in [9.17, 15) is 4.79 Å². The summed E-state index contributed by atoms with van der Waals surface area (Å²) in [7, 11) is 1.85. The monoisotopic (exact) mass is 672 g/mol. The first-order chi connectivity index (χ1) is 23.5. The third-order valence-corrected chi connectivity index (χ3v) is 9.35. The van der Waals surface area contributed by atoms with Gasteiger partial charge in [-0.25, -0.2) is 0 Å². The van der Waals surface area contributed by atoms with Gasteiger partial charge in [0.1, 0.15) is 0 Å². The molecule has 1 atom stereocenters. The summed E-state index contributed by atoms with van der Waals surface area (Å²) in [5.41, 5.74) is 0. The molecule has 1 aliphatic rings. The molecule has 278 valence electrons. The van der Waals surface area contributed by atoms with Crippen LogP contribution < -0.4 is 0 Å². The first-order valence-corrected chi connectivity index (χ1v) is 20.3.